The van der Waals surface area contributed by atoms with Gasteiger partial charge in [-0.25, -0.2) is 4.39 Å². The van der Waals surface area contributed by atoms with E-state index in [0.29, 0.717) is 25.5 Å². The van der Waals surface area contributed by atoms with E-state index in [1.165, 1.54) is 6.07 Å². The maximum Gasteiger partial charge on any atom is 0.167 e. The van der Waals surface area contributed by atoms with Gasteiger partial charge < -0.3 is 14.8 Å². The predicted octanol–water partition coefficient (Wildman–Crippen LogP) is 2.67. The molecule has 0 bridgehead atoms. The molecule has 90 valence electrons. The molecule has 1 aromatic rings. The largest absolute Gasteiger partial charge is 0.491 e. The minimum Gasteiger partial charge on any atom is -0.491 e. The van der Waals surface area contributed by atoms with Gasteiger partial charge in [-0.15, -0.1) is 0 Å². The van der Waals surface area contributed by atoms with Crippen LogP contribution in [0, 0.1) is 5.82 Å². The average molecular weight is 227 g/mol. The van der Waals surface area contributed by atoms with Crippen LogP contribution in [0.2, 0.25) is 0 Å². The molecule has 0 saturated heterocycles. The van der Waals surface area contributed by atoms with E-state index in [1.54, 1.807) is 19.2 Å². The van der Waals surface area contributed by atoms with Crippen LogP contribution in [0.5, 0.6) is 5.75 Å². The monoisotopic (exact) mass is 227 g/mol. The zero-order chi connectivity index (χ0) is 11.8. The number of methoxy groups -OCH3 is 1. The fraction of sp³-hybridized carbons (Fsp3) is 0.500. The van der Waals surface area contributed by atoms with E-state index in [0.717, 1.165) is 12.1 Å². The number of ether oxygens (including phenoxy) is 2. The van der Waals surface area contributed by atoms with Crippen molar-refractivity contribution >= 4 is 5.69 Å². The van der Waals surface area contributed by atoms with E-state index in [1.807, 2.05) is 6.92 Å². The third-order valence-electron chi connectivity index (χ3n) is 2.03. The van der Waals surface area contributed by atoms with Crippen molar-refractivity contribution < 1.29 is 13.9 Å². The first-order valence-electron chi connectivity index (χ1n) is 5.43. The SMILES string of the molecule is CCCOc1ccc(NCCOC)cc1F. The Morgan fingerprint density at radius 3 is 2.75 bits per heavy atom. The summed E-state index contributed by atoms with van der Waals surface area (Å²) in [5, 5.41) is 3.05. The molecule has 3 nitrogen and oxygen atoms in total. The molecule has 0 aliphatic carbocycles. The van der Waals surface area contributed by atoms with Crippen LogP contribution < -0.4 is 10.1 Å². The summed E-state index contributed by atoms with van der Waals surface area (Å²) in [6.45, 7) is 3.77. The van der Waals surface area contributed by atoms with Gasteiger partial charge in [-0.05, 0) is 18.6 Å². The Kier molecular flexibility index (Phi) is 5.64. The molecule has 0 fully saturated rings. The van der Waals surface area contributed by atoms with Crippen LogP contribution in [0.25, 0.3) is 0 Å². The van der Waals surface area contributed by atoms with Gasteiger partial charge in [-0.3, -0.25) is 0 Å². The summed E-state index contributed by atoms with van der Waals surface area (Å²) in [6.07, 6.45) is 0.868. The van der Waals surface area contributed by atoms with Crippen molar-refractivity contribution in [3.63, 3.8) is 0 Å². The summed E-state index contributed by atoms with van der Waals surface area (Å²) in [7, 11) is 1.63. The lowest BCUT2D eigenvalue weighted by molar-refractivity contribution is 0.211. The smallest absolute Gasteiger partial charge is 0.167 e. The topological polar surface area (TPSA) is 30.5 Å². The molecule has 0 atom stereocenters. The van der Waals surface area contributed by atoms with Gasteiger partial charge in [0.25, 0.3) is 0 Å². The summed E-state index contributed by atoms with van der Waals surface area (Å²) in [4.78, 5) is 0. The van der Waals surface area contributed by atoms with Gasteiger partial charge in [0, 0.05) is 25.4 Å². The third kappa shape index (κ3) is 4.06. The summed E-state index contributed by atoms with van der Waals surface area (Å²) in [6, 6.07) is 4.87. The van der Waals surface area contributed by atoms with E-state index in [9.17, 15) is 4.39 Å². The number of benzene rings is 1. The van der Waals surface area contributed by atoms with Crippen molar-refractivity contribution in [2.75, 3.05) is 32.2 Å². The molecule has 0 radical (unpaired) electrons. The highest BCUT2D eigenvalue weighted by Gasteiger charge is 2.03. The Balaban J connectivity index is 2.53. The van der Waals surface area contributed by atoms with Crippen LogP contribution in [0.15, 0.2) is 18.2 Å². The number of rotatable bonds is 7. The highest BCUT2D eigenvalue weighted by Crippen LogP contribution is 2.21. The standard InChI is InChI=1S/C12H18FNO2/c1-3-7-16-12-5-4-10(9-11(12)13)14-6-8-15-2/h4-5,9,14H,3,6-8H2,1-2H3. The van der Waals surface area contributed by atoms with Gasteiger partial charge in [0.15, 0.2) is 11.6 Å². The highest BCUT2D eigenvalue weighted by molar-refractivity contribution is 5.47. The summed E-state index contributed by atoms with van der Waals surface area (Å²) in [5.41, 5.74) is 0.735. The number of halogens is 1. The van der Waals surface area contributed by atoms with Crippen molar-refractivity contribution in [2.24, 2.45) is 0 Å². The first-order valence-corrected chi connectivity index (χ1v) is 5.43. The van der Waals surface area contributed by atoms with Crippen LogP contribution in [-0.2, 0) is 4.74 Å². The van der Waals surface area contributed by atoms with Crippen molar-refractivity contribution in [1.29, 1.82) is 0 Å². The molecule has 4 heteroatoms. The van der Waals surface area contributed by atoms with Crippen molar-refractivity contribution in [3.8, 4) is 5.75 Å². The molecule has 0 aliphatic heterocycles. The maximum atomic E-state index is 13.5. The highest BCUT2D eigenvalue weighted by atomic mass is 19.1. The maximum absolute atomic E-state index is 13.5. The molecule has 0 heterocycles. The van der Waals surface area contributed by atoms with E-state index >= 15 is 0 Å². The first-order chi connectivity index (χ1) is 7.77. The summed E-state index contributed by atoms with van der Waals surface area (Å²) in [5.74, 6) is -0.0324. The molecular weight excluding hydrogens is 209 g/mol. The first kappa shape index (κ1) is 12.8. The van der Waals surface area contributed by atoms with Crippen LogP contribution in [0.1, 0.15) is 13.3 Å². The summed E-state index contributed by atoms with van der Waals surface area (Å²) >= 11 is 0. The van der Waals surface area contributed by atoms with Crippen molar-refractivity contribution in [2.45, 2.75) is 13.3 Å². The van der Waals surface area contributed by atoms with E-state index in [2.05, 4.69) is 5.32 Å². The fourth-order valence-electron chi connectivity index (χ4n) is 1.24. The molecule has 0 saturated carbocycles. The van der Waals surface area contributed by atoms with E-state index in [-0.39, 0.29) is 5.82 Å². The molecule has 16 heavy (non-hydrogen) atoms. The van der Waals surface area contributed by atoms with Gasteiger partial charge in [-0.2, -0.15) is 0 Å². The number of hydrogen-bond acceptors (Lipinski definition) is 3. The zero-order valence-corrected chi connectivity index (χ0v) is 9.75. The predicted molar refractivity (Wildman–Crippen MR) is 62.6 cm³/mol. The fourth-order valence-corrected chi connectivity index (χ4v) is 1.24. The van der Waals surface area contributed by atoms with E-state index < -0.39 is 0 Å². The van der Waals surface area contributed by atoms with E-state index in [4.69, 9.17) is 9.47 Å². The molecule has 0 spiro atoms. The minimum absolute atomic E-state index is 0.305. The molecule has 0 amide bonds. The zero-order valence-electron chi connectivity index (χ0n) is 9.75. The minimum atomic E-state index is -0.337. The number of hydrogen-bond donors (Lipinski definition) is 1. The van der Waals surface area contributed by atoms with Crippen LogP contribution in [0.3, 0.4) is 0 Å². The number of nitrogens with one attached hydrogen (secondary N) is 1. The second-order valence-corrected chi connectivity index (χ2v) is 3.41. The molecule has 0 aliphatic rings. The number of anilines is 1. The second-order valence-electron chi connectivity index (χ2n) is 3.41. The summed E-state index contributed by atoms with van der Waals surface area (Å²) < 4.78 is 23.6. The van der Waals surface area contributed by atoms with Crippen LogP contribution >= 0.6 is 0 Å². The molecule has 1 aromatic carbocycles. The van der Waals surface area contributed by atoms with Crippen molar-refractivity contribution in [3.05, 3.63) is 24.0 Å². The van der Waals surface area contributed by atoms with Crippen molar-refractivity contribution in [1.82, 2.24) is 0 Å². The van der Waals surface area contributed by atoms with Gasteiger partial charge in [0.2, 0.25) is 0 Å². The second kappa shape index (κ2) is 7.06. The molecule has 1 N–H and O–H groups in total. The third-order valence-corrected chi connectivity index (χ3v) is 2.03. The molecule has 0 aromatic heterocycles. The lowest BCUT2D eigenvalue weighted by Gasteiger charge is -2.09. The Hall–Kier alpha value is -1.29. The van der Waals surface area contributed by atoms with Gasteiger partial charge in [-0.1, -0.05) is 6.92 Å². The Bertz CT molecular complexity index is 318. The quantitative estimate of drug-likeness (QED) is 0.726. The van der Waals surface area contributed by atoms with Gasteiger partial charge in [0.05, 0.1) is 13.2 Å². The van der Waals surface area contributed by atoms with Crippen LogP contribution in [0.4, 0.5) is 10.1 Å². The Morgan fingerprint density at radius 1 is 1.31 bits per heavy atom. The average Bonchev–Trinajstić information content (AvgIpc) is 2.28. The molecule has 0 unspecified atom stereocenters. The lowest BCUT2D eigenvalue weighted by Crippen LogP contribution is -2.07. The van der Waals surface area contributed by atoms with Gasteiger partial charge >= 0.3 is 0 Å². The normalized spacial score (nSPS) is 10.2. The molecular formula is C12H18FNO2. The molecule has 1 rings (SSSR count). The van der Waals surface area contributed by atoms with Crippen LogP contribution in [-0.4, -0.2) is 26.9 Å². The Morgan fingerprint density at radius 2 is 2.12 bits per heavy atom. The Labute approximate surface area is 95.6 Å². The van der Waals surface area contributed by atoms with Gasteiger partial charge in [0.1, 0.15) is 0 Å². The lowest BCUT2D eigenvalue weighted by atomic mass is 10.3.